The maximum atomic E-state index is 6.23. The van der Waals surface area contributed by atoms with Crippen molar-refractivity contribution in [1.29, 1.82) is 0 Å². The lowest BCUT2D eigenvalue weighted by molar-refractivity contribution is 0.311. The van der Waals surface area contributed by atoms with Crippen LogP contribution in [0, 0.1) is 0 Å². The topological polar surface area (TPSA) is 30.5 Å². The van der Waals surface area contributed by atoms with Crippen LogP contribution in [0.1, 0.15) is 33.3 Å². The van der Waals surface area contributed by atoms with Gasteiger partial charge in [-0.05, 0) is 31.5 Å². The molecule has 0 saturated carbocycles. The first-order valence-electron chi connectivity index (χ1n) is 6.88. The summed E-state index contributed by atoms with van der Waals surface area (Å²) in [4.78, 5) is 0. The van der Waals surface area contributed by atoms with E-state index in [1.165, 1.54) is 5.57 Å². The van der Waals surface area contributed by atoms with Gasteiger partial charge in [0, 0.05) is 12.6 Å². The molecule has 0 aliphatic rings. The van der Waals surface area contributed by atoms with Gasteiger partial charge in [0.15, 0.2) is 11.5 Å². The Kier molecular flexibility index (Phi) is 6.89. The number of nitrogens with one attached hydrogen (secondary N) is 1. The summed E-state index contributed by atoms with van der Waals surface area (Å²) in [5.74, 6) is 1.27. The molecule has 0 bridgehead atoms. The van der Waals surface area contributed by atoms with E-state index in [9.17, 15) is 0 Å². The average Bonchev–Trinajstić information content (AvgIpc) is 2.36. The molecule has 0 aliphatic carbocycles. The van der Waals surface area contributed by atoms with E-state index in [-0.39, 0.29) is 0 Å². The Labute approximate surface area is 126 Å². The molecule has 1 rings (SSSR count). The van der Waals surface area contributed by atoms with Crippen molar-refractivity contribution in [1.82, 2.24) is 5.32 Å². The molecule has 1 aromatic rings. The third-order valence-corrected chi connectivity index (χ3v) is 3.02. The Hall–Kier alpha value is -1.19. The highest BCUT2D eigenvalue weighted by molar-refractivity contribution is 6.32. The van der Waals surface area contributed by atoms with Crippen LogP contribution in [0.3, 0.4) is 0 Å². The minimum Gasteiger partial charge on any atom is -0.491 e. The summed E-state index contributed by atoms with van der Waals surface area (Å²) < 4.78 is 10.9. The fourth-order valence-corrected chi connectivity index (χ4v) is 2.13. The maximum Gasteiger partial charge on any atom is 0.179 e. The predicted molar refractivity (Wildman–Crippen MR) is 86.0 cm³/mol. The van der Waals surface area contributed by atoms with Gasteiger partial charge in [-0.15, -0.1) is 0 Å². The first-order valence-corrected chi connectivity index (χ1v) is 7.26. The molecule has 1 aromatic carbocycles. The first kappa shape index (κ1) is 16.9. The second-order valence-corrected chi connectivity index (χ2v) is 5.40. The number of benzene rings is 1. The smallest absolute Gasteiger partial charge is 0.179 e. The second-order valence-electron chi connectivity index (χ2n) is 4.99. The number of hydrogen-bond donors (Lipinski definition) is 1. The van der Waals surface area contributed by atoms with Crippen molar-refractivity contribution in [3.05, 3.63) is 28.3 Å². The zero-order chi connectivity index (χ0) is 15.1. The van der Waals surface area contributed by atoms with Crippen molar-refractivity contribution in [2.45, 2.75) is 33.7 Å². The third kappa shape index (κ3) is 5.06. The summed E-state index contributed by atoms with van der Waals surface area (Å²) in [6.07, 6.45) is 2.10. The zero-order valence-electron chi connectivity index (χ0n) is 12.9. The van der Waals surface area contributed by atoms with E-state index in [1.807, 2.05) is 19.1 Å². The summed E-state index contributed by atoms with van der Waals surface area (Å²) in [5.41, 5.74) is 2.25. The fourth-order valence-electron chi connectivity index (χ4n) is 1.83. The molecule has 0 aromatic heterocycles. The van der Waals surface area contributed by atoms with Gasteiger partial charge in [-0.2, -0.15) is 0 Å². The SMILES string of the molecule is CCOc1cc(C=C(C)CNC(C)C)cc(Cl)c1OC. The van der Waals surface area contributed by atoms with Crippen LogP contribution in [0.4, 0.5) is 0 Å². The van der Waals surface area contributed by atoms with Crippen molar-refractivity contribution < 1.29 is 9.47 Å². The van der Waals surface area contributed by atoms with Crippen LogP contribution < -0.4 is 14.8 Å². The van der Waals surface area contributed by atoms with Gasteiger partial charge in [0.2, 0.25) is 0 Å². The number of methoxy groups -OCH3 is 1. The van der Waals surface area contributed by atoms with Crippen molar-refractivity contribution >= 4 is 17.7 Å². The second kappa shape index (κ2) is 8.18. The van der Waals surface area contributed by atoms with Crippen molar-refractivity contribution in [2.24, 2.45) is 0 Å². The molecule has 0 atom stereocenters. The maximum absolute atomic E-state index is 6.23. The average molecular weight is 298 g/mol. The molecule has 0 unspecified atom stereocenters. The van der Waals surface area contributed by atoms with Crippen LogP contribution >= 0.6 is 11.6 Å². The molecule has 0 heterocycles. The fraction of sp³-hybridized carbons (Fsp3) is 0.500. The molecule has 112 valence electrons. The number of ether oxygens (including phenoxy) is 2. The molecular formula is C16H24ClNO2. The van der Waals surface area contributed by atoms with Gasteiger partial charge >= 0.3 is 0 Å². The summed E-state index contributed by atoms with van der Waals surface area (Å²) >= 11 is 6.23. The summed E-state index contributed by atoms with van der Waals surface area (Å²) in [6, 6.07) is 4.31. The quantitative estimate of drug-likeness (QED) is 0.820. The Balaban J connectivity index is 2.98. The van der Waals surface area contributed by atoms with E-state index in [0.717, 1.165) is 12.1 Å². The van der Waals surface area contributed by atoms with E-state index < -0.39 is 0 Å². The predicted octanol–water partition coefficient (Wildman–Crippen LogP) is 4.15. The Morgan fingerprint density at radius 3 is 2.65 bits per heavy atom. The summed E-state index contributed by atoms with van der Waals surface area (Å²) in [7, 11) is 1.59. The van der Waals surface area contributed by atoms with Crippen LogP contribution in [-0.2, 0) is 0 Å². The van der Waals surface area contributed by atoms with Crippen LogP contribution in [0.15, 0.2) is 17.7 Å². The van der Waals surface area contributed by atoms with E-state index >= 15 is 0 Å². The number of rotatable bonds is 7. The molecule has 0 fully saturated rings. The van der Waals surface area contributed by atoms with Gasteiger partial charge in [0.25, 0.3) is 0 Å². The van der Waals surface area contributed by atoms with Crippen LogP contribution in [-0.4, -0.2) is 26.3 Å². The summed E-state index contributed by atoms with van der Waals surface area (Å²) in [5, 5.41) is 3.95. The molecule has 0 saturated heterocycles. The Morgan fingerprint density at radius 2 is 2.10 bits per heavy atom. The molecule has 4 heteroatoms. The largest absolute Gasteiger partial charge is 0.491 e. The van der Waals surface area contributed by atoms with E-state index in [2.05, 4.69) is 32.2 Å². The van der Waals surface area contributed by atoms with Crippen molar-refractivity contribution in [3.8, 4) is 11.5 Å². The van der Waals surface area contributed by atoms with E-state index in [4.69, 9.17) is 21.1 Å². The number of hydrogen-bond acceptors (Lipinski definition) is 3. The molecule has 0 spiro atoms. The van der Waals surface area contributed by atoms with Crippen LogP contribution in [0.5, 0.6) is 11.5 Å². The van der Waals surface area contributed by atoms with Gasteiger partial charge < -0.3 is 14.8 Å². The monoisotopic (exact) mass is 297 g/mol. The van der Waals surface area contributed by atoms with E-state index in [0.29, 0.717) is 29.2 Å². The Morgan fingerprint density at radius 1 is 1.40 bits per heavy atom. The molecule has 0 amide bonds. The summed E-state index contributed by atoms with van der Waals surface area (Å²) in [6.45, 7) is 9.72. The lowest BCUT2D eigenvalue weighted by atomic mass is 10.1. The van der Waals surface area contributed by atoms with Crippen molar-refractivity contribution in [2.75, 3.05) is 20.3 Å². The molecular weight excluding hydrogens is 274 g/mol. The highest BCUT2D eigenvalue weighted by atomic mass is 35.5. The lowest BCUT2D eigenvalue weighted by Gasteiger charge is -2.13. The molecule has 1 N–H and O–H groups in total. The highest BCUT2D eigenvalue weighted by Crippen LogP contribution is 2.36. The normalized spacial score (nSPS) is 11.8. The van der Waals surface area contributed by atoms with Gasteiger partial charge in [-0.25, -0.2) is 0 Å². The van der Waals surface area contributed by atoms with Gasteiger partial charge in [0.05, 0.1) is 18.7 Å². The standard InChI is InChI=1S/C16H24ClNO2/c1-6-20-15-9-13(8-14(17)16(15)19-5)7-12(4)10-18-11(2)3/h7-9,11,18H,6,10H2,1-5H3. The van der Waals surface area contributed by atoms with Crippen molar-refractivity contribution in [3.63, 3.8) is 0 Å². The molecule has 3 nitrogen and oxygen atoms in total. The third-order valence-electron chi connectivity index (χ3n) is 2.74. The van der Waals surface area contributed by atoms with Crippen LogP contribution in [0.25, 0.3) is 6.08 Å². The Bertz CT molecular complexity index is 470. The minimum atomic E-state index is 0.469. The molecule has 20 heavy (non-hydrogen) atoms. The molecule has 0 aliphatic heterocycles. The lowest BCUT2D eigenvalue weighted by Crippen LogP contribution is -2.24. The minimum absolute atomic E-state index is 0.469. The van der Waals surface area contributed by atoms with Crippen LogP contribution in [0.2, 0.25) is 5.02 Å². The molecule has 0 radical (unpaired) electrons. The first-order chi connectivity index (χ1) is 9.47. The van der Waals surface area contributed by atoms with Gasteiger partial charge in [-0.1, -0.05) is 37.1 Å². The van der Waals surface area contributed by atoms with Gasteiger partial charge in [0.1, 0.15) is 0 Å². The highest BCUT2D eigenvalue weighted by Gasteiger charge is 2.10. The van der Waals surface area contributed by atoms with Gasteiger partial charge in [-0.3, -0.25) is 0 Å². The number of halogens is 1. The zero-order valence-corrected chi connectivity index (χ0v) is 13.7. The van der Waals surface area contributed by atoms with E-state index in [1.54, 1.807) is 7.11 Å².